The molecule has 2 fully saturated rings. The summed E-state index contributed by atoms with van der Waals surface area (Å²) in [5.74, 6) is 0.718. The number of aromatic nitrogens is 1. The number of pyridine rings is 1. The number of Topliss-reactive ketones (excluding diaryl/α,β-unsaturated/α-hetero) is 2. The van der Waals surface area contributed by atoms with Crippen LogP contribution in [0.4, 0.5) is 4.39 Å². The van der Waals surface area contributed by atoms with Gasteiger partial charge in [0.05, 0.1) is 10.9 Å². The van der Waals surface area contributed by atoms with Gasteiger partial charge in [-0.3, -0.25) is 14.6 Å². The van der Waals surface area contributed by atoms with Crippen molar-refractivity contribution >= 4 is 22.5 Å². The number of rotatable bonds is 9. The highest BCUT2D eigenvalue weighted by Crippen LogP contribution is 2.49. The van der Waals surface area contributed by atoms with Crippen LogP contribution in [0.15, 0.2) is 72.9 Å². The molecule has 3 aromatic carbocycles. The van der Waals surface area contributed by atoms with Crippen molar-refractivity contribution < 1.29 is 23.8 Å². The van der Waals surface area contributed by atoms with Crippen LogP contribution >= 0.6 is 0 Å². The van der Waals surface area contributed by atoms with Gasteiger partial charge in [0, 0.05) is 37.5 Å². The van der Waals surface area contributed by atoms with E-state index in [-0.39, 0.29) is 30.2 Å². The lowest BCUT2D eigenvalue weighted by molar-refractivity contribution is -0.133. The second-order valence-electron chi connectivity index (χ2n) is 10.8. The zero-order chi connectivity index (χ0) is 27.2. The lowest BCUT2D eigenvalue weighted by Gasteiger charge is -2.39. The van der Waals surface area contributed by atoms with Crippen molar-refractivity contribution in [1.29, 1.82) is 0 Å². The second kappa shape index (κ2) is 9.67. The van der Waals surface area contributed by atoms with Gasteiger partial charge in [-0.1, -0.05) is 24.3 Å². The van der Waals surface area contributed by atoms with Crippen LogP contribution in [0.1, 0.15) is 35.1 Å². The van der Waals surface area contributed by atoms with Crippen LogP contribution in [0.25, 0.3) is 10.9 Å². The van der Waals surface area contributed by atoms with E-state index in [0.29, 0.717) is 43.0 Å². The normalized spacial score (nSPS) is 16.9. The highest BCUT2D eigenvalue weighted by molar-refractivity contribution is 6.10. The Labute approximate surface area is 225 Å². The fraction of sp³-hybridized carbons (Fsp3) is 0.281. The molecule has 1 saturated heterocycles. The predicted molar refractivity (Wildman–Crippen MR) is 145 cm³/mol. The second-order valence-corrected chi connectivity index (χ2v) is 10.8. The zero-order valence-electron chi connectivity index (χ0n) is 21.7. The van der Waals surface area contributed by atoms with Gasteiger partial charge in [-0.2, -0.15) is 0 Å². The predicted octanol–water partition coefficient (Wildman–Crippen LogP) is 4.97. The number of fused-ring (bicyclic) bond motifs is 1. The lowest BCUT2D eigenvalue weighted by Crippen LogP contribution is -2.57. The summed E-state index contributed by atoms with van der Waals surface area (Å²) in [5, 5.41) is 14.8. The fourth-order valence-electron chi connectivity index (χ4n) is 5.37. The van der Waals surface area contributed by atoms with Crippen molar-refractivity contribution in [2.75, 3.05) is 13.1 Å². The van der Waals surface area contributed by atoms with Crippen LogP contribution in [0.5, 0.6) is 11.5 Å². The topological polar surface area (TPSA) is 88.5 Å². The minimum absolute atomic E-state index is 0.0743. The maximum Gasteiger partial charge on any atom is 0.150 e. The standard InChI is InChI=1S/C32H29FN2O4/c1-20-14-27-25(17-26(20)32(38)18-34-19-32)28(10-13-35-27)39-24-8-4-22(5-9-24)16-30(37)31(11-12-31)29(36)15-21-2-6-23(33)7-3-21/h2-10,13-14,17,34,38H,11-12,15-16,18-19H2,1H3. The SMILES string of the molecule is Cc1cc2nccc(Oc3ccc(CC(=O)C4(C(=O)Cc5ccc(F)cc5)CC4)cc3)c2cc1C1(O)CNC1. The van der Waals surface area contributed by atoms with Crippen LogP contribution < -0.4 is 10.1 Å². The number of hydrogen-bond acceptors (Lipinski definition) is 6. The Morgan fingerprint density at radius 1 is 0.949 bits per heavy atom. The number of nitrogens with zero attached hydrogens (tertiary/aromatic N) is 1. The molecule has 4 aromatic rings. The van der Waals surface area contributed by atoms with E-state index in [1.54, 1.807) is 24.4 Å². The number of ether oxygens (including phenoxy) is 1. The molecule has 0 unspecified atom stereocenters. The number of benzene rings is 3. The zero-order valence-corrected chi connectivity index (χ0v) is 21.7. The summed E-state index contributed by atoms with van der Waals surface area (Å²) < 4.78 is 19.4. The van der Waals surface area contributed by atoms with Crippen molar-refractivity contribution in [3.63, 3.8) is 0 Å². The first-order valence-electron chi connectivity index (χ1n) is 13.2. The van der Waals surface area contributed by atoms with Crippen molar-refractivity contribution in [2.45, 2.75) is 38.2 Å². The average Bonchev–Trinajstić information content (AvgIpc) is 3.72. The molecule has 0 spiro atoms. The Morgan fingerprint density at radius 2 is 1.56 bits per heavy atom. The Hall–Kier alpha value is -3.94. The molecule has 6 rings (SSSR count). The van der Waals surface area contributed by atoms with Crippen molar-refractivity contribution in [2.24, 2.45) is 5.41 Å². The molecule has 1 saturated carbocycles. The quantitative estimate of drug-likeness (QED) is 0.301. The molecule has 198 valence electrons. The molecule has 7 heteroatoms. The number of aryl methyl sites for hydroxylation is 1. The van der Waals surface area contributed by atoms with Gasteiger partial charge < -0.3 is 15.2 Å². The van der Waals surface area contributed by atoms with Gasteiger partial charge in [0.2, 0.25) is 0 Å². The van der Waals surface area contributed by atoms with Crippen LogP contribution in [0, 0.1) is 18.2 Å². The van der Waals surface area contributed by atoms with Gasteiger partial charge in [0.25, 0.3) is 0 Å². The van der Waals surface area contributed by atoms with Crippen molar-refractivity contribution in [3.05, 3.63) is 101 Å². The summed E-state index contributed by atoms with van der Waals surface area (Å²) in [5.41, 5.74) is 2.34. The van der Waals surface area contributed by atoms with Gasteiger partial charge in [-0.25, -0.2) is 4.39 Å². The van der Waals surface area contributed by atoms with Crippen molar-refractivity contribution in [1.82, 2.24) is 10.3 Å². The molecule has 6 nitrogen and oxygen atoms in total. The molecule has 0 bridgehead atoms. The van der Waals surface area contributed by atoms with E-state index in [4.69, 9.17) is 4.74 Å². The largest absolute Gasteiger partial charge is 0.457 e. The van der Waals surface area contributed by atoms with E-state index in [1.807, 2.05) is 43.3 Å². The van der Waals surface area contributed by atoms with Crippen LogP contribution in [-0.4, -0.2) is 34.7 Å². The number of β-amino-alcohol motifs (C(OH)–C–C–N with tert-alkyl or cyclic N) is 1. The third kappa shape index (κ3) is 4.84. The summed E-state index contributed by atoms with van der Waals surface area (Å²) >= 11 is 0. The highest BCUT2D eigenvalue weighted by Gasteiger charge is 2.54. The van der Waals surface area contributed by atoms with Gasteiger partial charge >= 0.3 is 0 Å². The van der Waals surface area contributed by atoms with Gasteiger partial charge in [0.15, 0.2) is 11.6 Å². The number of carbonyl (C=O) groups is 2. The summed E-state index contributed by atoms with van der Waals surface area (Å²) in [7, 11) is 0. The molecule has 1 aliphatic carbocycles. The third-order valence-electron chi connectivity index (χ3n) is 8.00. The maximum absolute atomic E-state index is 13.2. The monoisotopic (exact) mass is 524 g/mol. The first kappa shape index (κ1) is 25.3. The number of aliphatic hydroxyl groups is 1. The van der Waals surface area contributed by atoms with Gasteiger partial charge in [0.1, 0.15) is 22.9 Å². The number of hydrogen-bond donors (Lipinski definition) is 2. The molecular formula is C32H29FN2O4. The van der Waals surface area contributed by atoms with E-state index in [0.717, 1.165) is 27.6 Å². The molecule has 0 amide bonds. The molecule has 0 radical (unpaired) electrons. The minimum Gasteiger partial charge on any atom is -0.457 e. The Bertz CT molecular complexity index is 1570. The molecule has 2 aliphatic rings. The number of nitrogens with one attached hydrogen (secondary N) is 1. The summed E-state index contributed by atoms with van der Waals surface area (Å²) in [4.78, 5) is 30.6. The summed E-state index contributed by atoms with van der Waals surface area (Å²) in [6.45, 7) is 2.99. The average molecular weight is 525 g/mol. The molecule has 2 heterocycles. The summed E-state index contributed by atoms with van der Waals surface area (Å²) in [6.07, 6.45) is 3.13. The molecule has 2 N–H and O–H groups in total. The molecular weight excluding hydrogens is 495 g/mol. The van der Waals surface area contributed by atoms with Gasteiger partial charge in [-0.15, -0.1) is 0 Å². The van der Waals surface area contributed by atoms with E-state index in [2.05, 4.69) is 10.3 Å². The lowest BCUT2D eigenvalue weighted by atomic mass is 9.84. The molecule has 1 aromatic heterocycles. The molecule has 39 heavy (non-hydrogen) atoms. The fourth-order valence-corrected chi connectivity index (χ4v) is 5.37. The Balaban J connectivity index is 1.15. The van der Waals surface area contributed by atoms with E-state index in [9.17, 15) is 19.1 Å². The maximum atomic E-state index is 13.2. The van der Waals surface area contributed by atoms with Crippen LogP contribution in [-0.2, 0) is 28.0 Å². The smallest absolute Gasteiger partial charge is 0.150 e. The van der Waals surface area contributed by atoms with Gasteiger partial charge in [-0.05, 0) is 84.5 Å². The Kier molecular flexibility index (Phi) is 6.28. The number of halogens is 1. The first-order valence-corrected chi connectivity index (χ1v) is 13.2. The van der Waals surface area contributed by atoms with Crippen molar-refractivity contribution in [3.8, 4) is 11.5 Å². The van der Waals surface area contributed by atoms with E-state index < -0.39 is 11.0 Å². The van der Waals surface area contributed by atoms with Crippen LogP contribution in [0.3, 0.4) is 0 Å². The summed E-state index contributed by atoms with van der Waals surface area (Å²) in [6, 6.07) is 18.9. The minimum atomic E-state index is -0.921. The molecule has 1 aliphatic heterocycles. The van der Waals surface area contributed by atoms with E-state index in [1.165, 1.54) is 12.1 Å². The third-order valence-corrected chi connectivity index (χ3v) is 8.00. The van der Waals surface area contributed by atoms with Crippen LogP contribution in [0.2, 0.25) is 0 Å². The highest BCUT2D eigenvalue weighted by atomic mass is 19.1. The molecule has 0 atom stereocenters. The first-order chi connectivity index (χ1) is 18.8. The Morgan fingerprint density at radius 3 is 2.13 bits per heavy atom. The number of ketones is 2. The van der Waals surface area contributed by atoms with E-state index >= 15 is 0 Å². The number of carbonyl (C=O) groups excluding carboxylic acids is 2.